The molecule has 6 rings (SSSR count). The van der Waals surface area contributed by atoms with E-state index in [0.717, 1.165) is 11.1 Å². The van der Waals surface area contributed by atoms with Gasteiger partial charge in [0.2, 0.25) is 11.9 Å². The Morgan fingerprint density at radius 1 is 1.10 bits per heavy atom. The van der Waals surface area contributed by atoms with Crippen LogP contribution in [0.25, 0.3) is 11.0 Å². The molecule has 3 heterocycles. The van der Waals surface area contributed by atoms with Crippen molar-refractivity contribution in [1.82, 2.24) is 0 Å². The summed E-state index contributed by atoms with van der Waals surface area (Å²) in [4.78, 5) is 23.9. The van der Waals surface area contributed by atoms with Crippen LogP contribution < -0.4 is 16.0 Å². The summed E-state index contributed by atoms with van der Waals surface area (Å²) in [7, 11) is 0. The lowest BCUT2D eigenvalue weighted by atomic mass is 10.0. The highest BCUT2D eigenvalue weighted by Crippen LogP contribution is 2.35. The monoisotopic (exact) mass is 540 g/mol. The summed E-state index contributed by atoms with van der Waals surface area (Å²) in [6.45, 7) is 2.09. The molecule has 1 atom stereocenters. The summed E-state index contributed by atoms with van der Waals surface area (Å²) in [5, 5.41) is 12.1. The zero-order valence-corrected chi connectivity index (χ0v) is 21.3. The van der Waals surface area contributed by atoms with Crippen LogP contribution >= 0.6 is 0 Å². The number of carbonyl (C=O) groups is 1. The Labute approximate surface area is 228 Å². The first-order valence-electron chi connectivity index (χ1n) is 12.7. The van der Waals surface area contributed by atoms with Crippen molar-refractivity contribution in [2.45, 2.75) is 6.17 Å². The number of halogens is 1. The third-order valence-electron chi connectivity index (χ3n) is 6.59. The van der Waals surface area contributed by atoms with E-state index in [4.69, 9.17) is 25.0 Å². The van der Waals surface area contributed by atoms with Gasteiger partial charge in [-0.2, -0.15) is 4.99 Å². The van der Waals surface area contributed by atoms with Crippen molar-refractivity contribution >= 4 is 45.9 Å². The number of para-hydroxylation sites is 1. The number of fused-ring (bicyclic) bond motifs is 2. The van der Waals surface area contributed by atoms with Gasteiger partial charge < -0.3 is 29.8 Å². The number of nitrogens with one attached hydrogen (secondary N) is 2. The first-order chi connectivity index (χ1) is 19.5. The molecule has 11 heteroatoms. The zero-order valence-electron chi connectivity index (χ0n) is 21.3. The Kier molecular flexibility index (Phi) is 6.71. The minimum absolute atomic E-state index is 0.0619. The Balaban J connectivity index is 1.33. The third kappa shape index (κ3) is 4.90. The second kappa shape index (κ2) is 10.6. The largest absolute Gasteiger partial charge is 0.449 e. The number of hydrogen-bond acceptors (Lipinski definition) is 8. The maximum atomic E-state index is 13.9. The SMILES string of the molecule is N=C(OC(N)=NC1N=C(c2ccccc2)c2ccccc2NC1=O)c1oc2cc(F)ccc2c1N1CCOCC1. The number of nitrogens with two attached hydrogens (primary N) is 1. The van der Waals surface area contributed by atoms with Crippen LogP contribution in [0.1, 0.15) is 16.9 Å². The Hall–Kier alpha value is -5.03. The Bertz CT molecular complexity index is 1660. The van der Waals surface area contributed by atoms with Crippen molar-refractivity contribution < 1.29 is 23.1 Å². The fraction of sp³-hybridized carbons (Fsp3) is 0.172. The summed E-state index contributed by atoms with van der Waals surface area (Å²) in [5.74, 6) is -1.36. The van der Waals surface area contributed by atoms with Gasteiger partial charge in [0.05, 0.1) is 30.3 Å². The number of hydrogen-bond donors (Lipinski definition) is 3. The van der Waals surface area contributed by atoms with Gasteiger partial charge in [-0.05, 0) is 18.2 Å². The number of furan rings is 1. The highest BCUT2D eigenvalue weighted by Gasteiger charge is 2.28. The van der Waals surface area contributed by atoms with Gasteiger partial charge >= 0.3 is 0 Å². The molecular formula is C29H25FN6O4. The van der Waals surface area contributed by atoms with Crippen LogP contribution in [0.5, 0.6) is 0 Å². The standard InChI is InChI=1S/C29H25FN6O4/c30-18-10-11-20-22(16-18)39-25(24(20)36-12-14-38-15-13-36)26(31)40-29(32)35-27-28(37)33-21-9-5-4-8-19(21)23(34-27)17-6-2-1-3-7-17/h1-11,16,27,31H,12-15H2,(H2,32,35)(H,33,37). The predicted molar refractivity (Wildman–Crippen MR) is 150 cm³/mol. The minimum Gasteiger partial charge on any atom is -0.449 e. The number of nitrogens with zero attached hydrogens (tertiary/aromatic N) is 3. The van der Waals surface area contributed by atoms with E-state index in [9.17, 15) is 9.18 Å². The second-order valence-electron chi connectivity index (χ2n) is 9.17. The highest BCUT2D eigenvalue weighted by atomic mass is 19.1. The van der Waals surface area contributed by atoms with Gasteiger partial charge in [-0.15, -0.1) is 0 Å². The van der Waals surface area contributed by atoms with Crippen LogP contribution in [0, 0.1) is 11.2 Å². The Morgan fingerprint density at radius 2 is 1.85 bits per heavy atom. The van der Waals surface area contributed by atoms with Crippen molar-refractivity contribution in [3.63, 3.8) is 0 Å². The van der Waals surface area contributed by atoms with E-state index in [0.29, 0.717) is 48.8 Å². The molecule has 202 valence electrons. The number of amidine groups is 1. The molecular weight excluding hydrogens is 515 g/mol. The fourth-order valence-electron chi connectivity index (χ4n) is 4.77. The molecule has 4 aromatic rings. The van der Waals surface area contributed by atoms with E-state index in [2.05, 4.69) is 15.3 Å². The Morgan fingerprint density at radius 3 is 2.65 bits per heavy atom. The van der Waals surface area contributed by atoms with Gasteiger partial charge in [0.15, 0.2) is 0 Å². The fourth-order valence-corrected chi connectivity index (χ4v) is 4.77. The van der Waals surface area contributed by atoms with E-state index < -0.39 is 29.8 Å². The van der Waals surface area contributed by atoms with Crippen LogP contribution in [0.15, 0.2) is 87.2 Å². The third-order valence-corrected chi connectivity index (χ3v) is 6.59. The molecule has 0 aliphatic carbocycles. The van der Waals surface area contributed by atoms with Gasteiger partial charge in [0, 0.05) is 35.7 Å². The summed E-state index contributed by atoms with van der Waals surface area (Å²) >= 11 is 0. The number of benzene rings is 3. The molecule has 0 saturated carbocycles. The number of benzodiazepines with no additional fused rings is 1. The van der Waals surface area contributed by atoms with Crippen molar-refractivity contribution in [3.05, 3.63) is 95.5 Å². The average molecular weight is 541 g/mol. The van der Waals surface area contributed by atoms with E-state index >= 15 is 0 Å². The number of amides is 1. The molecule has 1 fully saturated rings. The number of rotatable bonds is 4. The molecule has 1 unspecified atom stereocenters. The summed E-state index contributed by atoms with van der Waals surface area (Å²) < 4.78 is 30.8. The molecule has 0 spiro atoms. The molecule has 1 saturated heterocycles. The van der Waals surface area contributed by atoms with Crippen molar-refractivity contribution in [1.29, 1.82) is 5.41 Å². The molecule has 40 heavy (non-hydrogen) atoms. The molecule has 2 aliphatic rings. The summed E-state index contributed by atoms with van der Waals surface area (Å²) in [6, 6.07) is 20.5. The summed E-state index contributed by atoms with van der Waals surface area (Å²) in [5.41, 5.74) is 9.60. The van der Waals surface area contributed by atoms with E-state index in [-0.39, 0.29) is 11.3 Å². The number of anilines is 2. The van der Waals surface area contributed by atoms with E-state index in [1.54, 1.807) is 12.1 Å². The maximum Gasteiger partial charge on any atom is 0.291 e. The molecule has 1 aromatic heterocycles. The van der Waals surface area contributed by atoms with Crippen molar-refractivity contribution in [3.8, 4) is 0 Å². The highest BCUT2D eigenvalue weighted by molar-refractivity contribution is 6.19. The predicted octanol–water partition coefficient (Wildman–Crippen LogP) is 3.88. The number of ether oxygens (including phenoxy) is 2. The molecule has 0 radical (unpaired) electrons. The van der Waals surface area contributed by atoms with Gasteiger partial charge in [0.1, 0.15) is 11.4 Å². The lowest BCUT2D eigenvalue weighted by molar-refractivity contribution is -0.117. The van der Waals surface area contributed by atoms with Crippen molar-refractivity contribution in [2.24, 2.45) is 15.7 Å². The molecule has 3 aromatic carbocycles. The summed E-state index contributed by atoms with van der Waals surface area (Å²) in [6.07, 6.45) is -1.28. The lowest BCUT2D eigenvalue weighted by Gasteiger charge is -2.28. The van der Waals surface area contributed by atoms with Crippen LogP contribution in [-0.4, -0.2) is 56.0 Å². The normalized spacial score (nSPS) is 17.6. The molecule has 0 bridgehead atoms. The minimum atomic E-state index is -1.28. The second-order valence-corrected chi connectivity index (χ2v) is 9.17. The topological polar surface area (TPSA) is 139 Å². The number of carbonyl (C=O) groups excluding carboxylic acids is 1. The average Bonchev–Trinajstić information content (AvgIpc) is 3.28. The van der Waals surface area contributed by atoms with Gasteiger partial charge in [0.25, 0.3) is 17.8 Å². The first-order valence-corrected chi connectivity index (χ1v) is 12.7. The van der Waals surface area contributed by atoms with Crippen LogP contribution in [0.3, 0.4) is 0 Å². The molecule has 10 nitrogen and oxygen atoms in total. The van der Waals surface area contributed by atoms with Crippen LogP contribution in [0.4, 0.5) is 15.8 Å². The van der Waals surface area contributed by atoms with Crippen LogP contribution in [-0.2, 0) is 14.3 Å². The molecule has 4 N–H and O–H groups in total. The van der Waals surface area contributed by atoms with E-state index in [1.807, 2.05) is 53.4 Å². The first kappa shape index (κ1) is 25.3. The van der Waals surface area contributed by atoms with Crippen molar-refractivity contribution in [2.75, 3.05) is 36.5 Å². The number of morpholine rings is 1. The van der Waals surface area contributed by atoms with Crippen LogP contribution in [0.2, 0.25) is 0 Å². The molecule has 1 amide bonds. The lowest BCUT2D eigenvalue weighted by Crippen LogP contribution is -2.37. The zero-order chi connectivity index (χ0) is 27.6. The quantitative estimate of drug-likeness (QED) is 0.265. The smallest absolute Gasteiger partial charge is 0.291 e. The van der Waals surface area contributed by atoms with Gasteiger partial charge in [-0.3, -0.25) is 10.2 Å². The van der Waals surface area contributed by atoms with Gasteiger partial charge in [-0.1, -0.05) is 48.5 Å². The maximum absolute atomic E-state index is 13.9. The van der Waals surface area contributed by atoms with Gasteiger partial charge in [-0.25, -0.2) is 9.38 Å². The van der Waals surface area contributed by atoms with E-state index in [1.165, 1.54) is 12.1 Å². The molecule has 2 aliphatic heterocycles. The number of aliphatic imine (C=N–C) groups is 2.